The van der Waals surface area contributed by atoms with Gasteiger partial charge in [-0.2, -0.15) is 5.10 Å². The Morgan fingerprint density at radius 3 is 2.70 bits per heavy atom. The second-order valence-corrected chi connectivity index (χ2v) is 4.28. The van der Waals surface area contributed by atoms with Gasteiger partial charge in [0, 0.05) is 13.2 Å². The molecule has 1 N–H and O–H groups in total. The summed E-state index contributed by atoms with van der Waals surface area (Å²) in [4.78, 5) is 0. The maximum absolute atomic E-state index is 12.0. The third kappa shape index (κ3) is 4.72. The molecular formula is C13H23F2N3O2. The second-order valence-electron chi connectivity index (χ2n) is 4.28. The smallest absolute Gasteiger partial charge is 0.261 e. The average molecular weight is 291 g/mol. The number of aryl methyl sites for hydroxylation is 1. The van der Waals surface area contributed by atoms with Crippen LogP contribution in [0.4, 0.5) is 8.78 Å². The SMILES string of the molecule is CCNC(CCOCC(F)F)c1c(OC)cnn1CC. The number of hydrogen-bond acceptors (Lipinski definition) is 4. The van der Waals surface area contributed by atoms with Crippen LogP contribution in [0.25, 0.3) is 0 Å². The molecule has 0 spiro atoms. The minimum absolute atomic E-state index is 0.0323. The van der Waals surface area contributed by atoms with Crippen molar-refractivity contribution in [2.24, 2.45) is 0 Å². The molecule has 0 saturated carbocycles. The van der Waals surface area contributed by atoms with E-state index in [0.29, 0.717) is 12.2 Å². The Morgan fingerprint density at radius 1 is 1.40 bits per heavy atom. The first-order chi connectivity index (χ1) is 9.63. The molecule has 20 heavy (non-hydrogen) atoms. The lowest BCUT2D eigenvalue weighted by molar-refractivity contribution is 0.0141. The van der Waals surface area contributed by atoms with E-state index in [1.165, 1.54) is 0 Å². The summed E-state index contributed by atoms with van der Waals surface area (Å²) in [6.07, 6.45) is -0.172. The van der Waals surface area contributed by atoms with Crippen LogP contribution in [0.15, 0.2) is 6.20 Å². The van der Waals surface area contributed by atoms with Crippen molar-refractivity contribution in [1.29, 1.82) is 0 Å². The summed E-state index contributed by atoms with van der Waals surface area (Å²) in [5.74, 6) is 0.701. The number of hydrogen-bond donors (Lipinski definition) is 1. The van der Waals surface area contributed by atoms with E-state index in [9.17, 15) is 8.78 Å². The molecule has 0 amide bonds. The van der Waals surface area contributed by atoms with E-state index in [1.54, 1.807) is 13.3 Å². The summed E-state index contributed by atoms with van der Waals surface area (Å²) in [5, 5.41) is 7.57. The minimum atomic E-state index is -2.43. The van der Waals surface area contributed by atoms with Crippen LogP contribution in [-0.2, 0) is 11.3 Å². The zero-order valence-electron chi connectivity index (χ0n) is 12.2. The van der Waals surface area contributed by atoms with Crippen molar-refractivity contribution in [3.05, 3.63) is 11.9 Å². The van der Waals surface area contributed by atoms with Crippen molar-refractivity contribution < 1.29 is 18.3 Å². The van der Waals surface area contributed by atoms with Crippen LogP contribution in [-0.4, -0.2) is 43.1 Å². The van der Waals surface area contributed by atoms with Gasteiger partial charge in [0.1, 0.15) is 6.61 Å². The van der Waals surface area contributed by atoms with Crippen molar-refractivity contribution in [2.45, 2.75) is 39.3 Å². The van der Waals surface area contributed by atoms with E-state index >= 15 is 0 Å². The highest BCUT2D eigenvalue weighted by molar-refractivity contribution is 5.28. The highest BCUT2D eigenvalue weighted by Gasteiger charge is 2.20. The van der Waals surface area contributed by atoms with Crippen LogP contribution in [0.3, 0.4) is 0 Å². The molecule has 0 aliphatic carbocycles. The molecule has 1 heterocycles. The Balaban J connectivity index is 2.71. The Kier molecular flexibility index (Phi) is 7.46. The van der Waals surface area contributed by atoms with Crippen LogP contribution < -0.4 is 10.1 Å². The van der Waals surface area contributed by atoms with Crippen LogP contribution in [0, 0.1) is 0 Å². The van der Waals surface area contributed by atoms with Gasteiger partial charge in [0.15, 0.2) is 5.75 Å². The van der Waals surface area contributed by atoms with Gasteiger partial charge in [-0.15, -0.1) is 0 Å². The Bertz CT molecular complexity index is 364. The lowest BCUT2D eigenvalue weighted by Crippen LogP contribution is -2.26. The monoisotopic (exact) mass is 291 g/mol. The van der Waals surface area contributed by atoms with E-state index < -0.39 is 13.0 Å². The quantitative estimate of drug-likeness (QED) is 0.672. The van der Waals surface area contributed by atoms with Gasteiger partial charge in [0.25, 0.3) is 6.43 Å². The molecule has 0 radical (unpaired) electrons. The summed E-state index contributed by atoms with van der Waals surface area (Å²) >= 11 is 0. The van der Waals surface area contributed by atoms with Crippen LogP contribution in [0.2, 0.25) is 0 Å². The van der Waals surface area contributed by atoms with Crippen molar-refractivity contribution in [2.75, 3.05) is 26.9 Å². The number of halogens is 2. The van der Waals surface area contributed by atoms with E-state index in [2.05, 4.69) is 10.4 Å². The van der Waals surface area contributed by atoms with Gasteiger partial charge in [0.05, 0.1) is 25.0 Å². The molecule has 7 heteroatoms. The highest BCUT2D eigenvalue weighted by atomic mass is 19.3. The lowest BCUT2D eigenvalue weighted by atomic mass is 10.1. The summed E-state index contributed by atoms with van der Waals surface area (Å²) in [6, 6.07) is -0.0323. The maximum atomic E-state index is 12.0. The van der Waals surface area contributed by atoms with E-state index in [1.807, 2.05) is 18.5 Å². The largest absolute Gasteiger partial charge is 0.493 e. The fourth-order valence-electron chi connectivity index (χ4n) is 2.09. The number of nitrogens with zero attached hydrogens (tertiary/aromatic N) is 2. The van der Waals surface area contributed by atoms with Crippen LogP contribution in [0.5, 0.6) is 5.75 Å². The van der Waals surface area contributed by atoms with Gasteiger partial charge in [-0.3, -0.25) is 4.68 Å². The Morgan fingerprint density at radius 2 is 2.15 bits per heavy atom. The molecule has 0 aliphatic rings. The van der Waals surface area contributed by atoms with E-state index in [-0.39, 0.29) is 12.6 Å². The molecule has 1 aromatic rings. The van der Waals surface area contributed by atoms with Crippen molar-refractivity contribution >= 4 is 0 Å². The van der Waals surface area contributed by atoms with Crippen LogP contribution >= 0.6 is 0 Å². The van der Waals surface area contributed by atoms with Crippen molar-refractivity contribution in [3.8, 4) is 5.75 Å². The summed E-state index contributed by atoms with van der Waals surface area (Å²) in [7, 11) is 1.59. The Hall–Kier alpha value is -1.21. The van der Waals surface area contributed by atoms with Gasteiger partial charge >= 0.3 is 0 Å². The highest BCUT2D eigenvalue weighted by Crippen LogP contribution is 2.27. The normalized spacial score (nSPS) is 12.9. The molecule has 0 fully saturated rings. The minimum Gasteiger partial charge on any atom is -0.493 e. The van der Waals surface area contributed by atoms with Gasteiger partial charge in [-0.1, -0.05) is 6.92 Å². The third-order valence-electron chi connectivity index (χ3n) is 2.94. The molecule has 1 aromatic heterocycles. The van der Waals surface area contributed by atoms with Gasteiger partial charge in [-0.25, -0.2) is 8.78 Å². The fraction of sp³-hybridized carbons (Fsp3) is 0.769. The average Bonchev–Trinajstić information content (AvgIpc) is 2.84. The Labute approximate surface area is 118 Å². The molecule has 0 bridgehead atoms. The number of alkyl halides is 2. The molecule has 5 nitrogen and oxygen atoms in total. The first kappa shape index (κ1) is 16.8. The summed E-state index contributed by atoms with van der Waals surface area (Å²) in [5.41, 5.74) is 0.928. The molecule has 1 unspecified atom stereocenters. The maximum Gasteiger partial charge on any atom is 0.261 e. The predicted octanol–water partition coefficient (Wildman–Crippen LogP) is 2.23. The molecule has 1 rings (SSSR count). The van der Waals surface area contributed by atoms with Gasteiger partial charge in [0.2, 0.25) is 0 Å². The first-order valence-electron chi connectivity index (χ1n) is 6.82. The number of methoxy groups -OCH3 is 1. The van der Waals surface area contributed by atoms with Gasteiger partial charge in [-0.05, 0) is 19.9 Å². The number of nitrogens with one attached hydrogen (secondary N) is 1. The molecule has 0 saturated heterocycles. The van der Waals surface area contributed by atoms with Crippen LogP contribution in [0.1, 0.15) is 32.0 Å². The second kappa shape index (κ2) is 8.86. The summed E-state index contributed by atoms with van der Waals surface area (Å²) < 4.78 is 36.2. The number of ether oxygens (including phenoxy) is 2. The third-order valence-corrected chi connectivity index (χ3v) is 2.94. The molecule has 0 aliphatic heterocycles. The first-order valence-corrected chi connectivity index (χ1v) is 6.82. The zero-order valence-corrected chi connectivity index (χ0v) is 12.2. The molecule has 0 aromatic carbocycles. The molecule has 1 atom stereocenters. The van der Waals surface area contributed by atoms with Crippen molar-refractivity contribution in [3.63, 3.8) is 0 Å². The zero-order chi connectivity index (χ0) is 15.0. The topological polar surface area (TPSA) is 48.3 Å². The van der Waals surface area contributed by atoms with E-state index in [4.69, 9.17) is 9.47 Å². The standard InChI is InChI=1S/C13H23F2N3O2/c1-4-16-10(6-7-20-9-12(14)15)13-11(19-3)8-17-18(13)5-2/h8,10,12,16H,4-7,9H2,1-3H3. The fourth-order valence-corrected chi connectivity index (χ4v) is 2.09. The van der Waals surface area contributed by atoms with Crippen molar-refractivity contribution in [1.82, 2.24) is 15.1 Å². The predicted molar refractivity (Wildman–Crippen MR) is 72.3 cm³/mol. The van der Waals surface area contributed by atoms with E-state index in [0.717, 1.165) is 18.8 Å². The molecular weight excluding hydrogens is 268 g/mol. The number of aromatic nitrogens is 2. The summed E-state index contributed by atoms with van der Waals surface area (Å²) in [6.45, 7) is 5.21. The number of rotatable bonds is 10. The molecule has 116 valence electrons. The van der Waals surface area contributed by atoms with Gasteiger partial charge < -0.3 is 14.8 Å². The lowest BCUT2D eigenvalue weighted by Gasteiger charge is -2.20.